The maximum absolute atomic E-state index is 4.78. The van der Waals surface area contributed by atoms with Crippen molar-refractivity contribution in [3.63, 3.8) is 0 Å². The second-order valence-corrected chi connectivity index (χ2v) is 9.58. The molecule has 1 aliphatic heterocycles. The molecule has 2 heterocycles. The Bertz CT molecular complexity index is 1390. The van der Waals surface area contributed by atoms with Gasteiger partial charge >= 0.3 is 0 Å². The summed E-state index contributed by atoms with van der Waals surface area (Å²) in [5.74, 6) is 0.779. The molecule has 33 heavy (non-hydrogen) atoms. The largest absolute Gasteiger partial charge is 0.310 e. The van der Waals surface area contributed by atoms with Gasteiger partial charge in [0.1, 0.15) is 5.01 Å². The number of hydrogen-bond donors (Lipinski definition) is 0. The maximum Gasteiger partial charge on any atom is 0.173 e. The van der Waals surface area contributed by atoms with Gasteiger partial charge in [-0.05, 0) is 59.1 Å². The first-order valence-corrected chi connectivity index (χ1v) is 11.9. The van der Waals surface area contributed by atoms with Gasteiger partial charge in [-0.25, -0.2) is 4.98 Å². The van der Waals surface area contributed by atoms with Gasteiger partial charge in [-0.15, -0.1) is 0 Å². The Balaban J connectivity index is 1.40. The molecule has 4 aromatic carbocycles. The predicted octanol–water partition coefficient (Wildman–Crippen LogP) is 7.98. The molecule has 0 fully saturated rings. The van der Waals surface area contributed by atoms with Gasteiger partial charge < -0.3 is 4.90 Å². The van der Waals surface area contributed by atoms with Crippen molar-refractivity contribution in [1.82, 2.24) is 9.36 Å². The summed E-state index contributed by atoms with van der Waals surface area (Å²) in [6, 6.07) is 36.2. The van der Waals surface area contributed by atoms with Crippen LogP contribution in [0.3, 0.4) is 0 Å². The third kappa shape index (κ3) is 3.26. The van der Waals surface area contributed by atoms with E-state index in [1.165, 1.54) is 34.0 Å². The summed E-state index contributed by atoms with van der Waals surface area (Å²) in [6.45, 7) is 4.62. The van der Waals surface area contributed by atoms with E-state index >= 15 is 0 Å². The molecule has 4 heteroatoms. The van der Waals surface area contributed by atoms with Gasteiger partial charge in [0.2, 0.25) is 0 Å². The summed E-state index contributed by atoms with van der Waals surface area (Å²) in [6.07, 6.45) is 0. The van der Waals surface area contributed by atoms with Crippen LogP contribution in [0.15, 0.2) is 103 Å². The molecule has 0 radical (unpaired) electrons. The molecule has 0 N–H and O–H groups in total. The maximum atomic E-state index is 4.78. The van der Waals surface area contributed by atoms with E-state index in [0.717, 1.165) is 27.6 Å². The van der Waals surface area contributed by atoms with E-state index in [4.69, 9.17) is 4.98 Å². The highest BCUT2D eigenvalue weighted by Gasteiger charge is 2.36. The topological polar surface area (TPSA) is 29.0 Å². The monoisotopic (exact) mass is 445 g/mol. The van der Waals surface area contributed by atoms with Crippen LogP contribution in [-0.4, -0.2) is 9.36 Å². The molecular formula is C29H23N3S. The summed E-state index contributed by atoms with van der Waals surface area (Å²) < 4.78 is 4.57. The zero-order valence-electron chi connectivity index (χ0n) is 18.6. The van der Waals surface area contributed by atoms with Crippen molar-refractivity contribution in [2.24, 2.45) is 0 Å². The minimum absolute atomic E-state index is 0.0516. The van der Waals surface area contributed by atoms with Crippen molar-refractivity contribution >= 4 is 28.6 Å². The van der Waals surface area contributed by atoms with Crippen LogP contribution in [0.1, 0.15) is 25.0 Å². The average Bonchev–Trinajstić information content (AvgIpc) is 3.36. The molecular weight excluding hydrogens is 422 g/mol. The van der Waals surface area contributed by atoms with E-state index in [1.807, 2.05) is 30.3 Å². The summed E-state index contributed by atoms with van der Waals surface area (Å²) in [5.41, 5.74) is 8.35. The van der Waals surface area contributed by atoms with Crippen molar-refractivity contribution in [1.29, 1.82) is 0 Å². The Hall–Kier alpha value is -3.76. The molecule has 1 aromatic heterocycles. The molecule has 160 valence electrons. The minimum atomic E-state index is -0.0516. The van der Waals surface area contributed by atoms with Gasteiger partial charge in [0.05, 0.1) is 11.4 Å². The van der Waals surface area contributed by atoms with Crippen LogP contribution in [0.25, 0.3) is 22.0 Å². The first kappa shape index (κ1) is 19.9. The van der Waals surface area contributed by atoms with Crippen molar-refractivity contribution in [2.75, 3.05) is 4.90 Å². The predicted molar refractivity (Wildman–Crippen MR) is 138 cm³/mol. The fourth-order valence-corrected chi connectivity index (χ4v) is 5.43. The number of benzene rings is 4. The van der Waals surface area contributed by atoms with Gasteiger partial charge in [0.15, 0.2) is 5.82 Å². The standard InChI is InChI=1S/C29H23N3S/c1-29(2)23-12-6-8-14-25(23)32(26-15-9-7-13-24(26)29)22-18-16-21(17-19-22)28-30-27(31-33-28)20-10-4-3-5-11-20/h3-19H,1-2H3. The van der Waals surface area contributed by atoms with E-state index in [1.54, 1.807) is 0 Å². The molecule has 6 rings (SSSR count). The number of aromatic nitrogens is 2. The third-order valence-electron chi connectivity index (χ3n) is 6.47. The fourth-order valence-electron chi connectivity index (χ4n) is 4.75. The van der Waals surface area contributed by atoms with Crippen molar-refractivity contribution < 1.29 is 0 Å². The lowest BCUT2D eigenvalue weighted by Crippen LogP contribution is -2.30. The second-order valence-electron chi connectivity index (χ2n) is 8.83. The smallest absolute Gasteiger partial charge is 0.173 e. The number of rotatable bonds is 3. The van der Waals surface area contributed by atoms with Crippen LogP contribution in [0.4, 0.5) is 17.1 Å². The third-order valence-corrected chi connectivity index (χ3v) is 7.23. The van der Waals surface area contributed by atoms with Crippen LogP contribution in [0.5, 0.6) is 0 Å². The first-order valence-electron chi connectivity index (χ1n) is 11.1. The number of nitrogens with zero attached hydrogens (tertiary/aromatic N) is 3. The molecule has 0 bridgehead atoms. The Morgan fingerprint density at radius 1 is 0.636 bits per heavy atom. The molecule has 0 atom stereocenters. The molecule has 3 nitrogen and oxygen atoms in total. The zero-order valence-corrected chi connectivity index (χ0v) is 19.4. The van der Waals surface area contributed by atoms with Crippen LogP contribution in [0, 0.1) is 0 Å². The Kier molecular flexibility index (Phi) is 4.63. The van der Waals surface area contributed by atoms with Gasteiger partial charge in [-0.3, -0.25) is 0 Å². The Morgan fingerprint density at radius 2 is 1.21 bits per heavy atom. The molecule has 0 amide bonds. The van der Waals surface area contributed by atoms with E-state index in [2.05, 4.69) is 95.9 Å². The van der Waals surface area contributed by atoms with Gasteiger partial charge in [-0.1, -0.05) is 80.6 Å². The molecule has 0 saturated carbocycles. The zero-order chi connectivity index (χ0) is 22.4. The van der Waals surface area contributed by atoms with Crippen LogP contribution < -0.4 is 4.90 Å². The number of fused-ring (bicyclic) bond motifs is 2. The number of para-hydroxylation sites is 2. The van der Waals surface area contributed by atoms with Crippen molar-refractivity contribution in [2.45, 2.75) is 19.3 Å². The summed E-state index contributed by atoms with van der Waals surface area (Å²) >= 11 is 1.44. The van der Waals surface area contributed by atoms with E-state index < -0.39 is 0 Å². The second kappa shape index (κ2) is 7.68. The molecule has 0 unspecified atom stereocenters. The van der Waals surface area contributed by atoms with Gasteiger partial charge in [0.25, 0.3) is 0 Å². The lowest BCUT2D eigenvalue weighted by atomic mass is 9.73. The summed E-state index contributed by atoms with van der Waals surface area (Å²) in [5, 5.41) is 0.931. The normalized spacial score (nSPS) is 13.9. The number of hydrogen-bond acceptors (Lipinski definition) is 4. The van der Waals surface area contributed by atoms with E-state index in [9.17, 15) is 0 Å². The van der Waals surface area contributed by atoms with E-state index in [-0.39, 0.29) is 5.41 Å². The summed E-state index contributed by atoms with van der Waals surface area (Å²) in [4.78, 5) is 7.15. The van der Waals surface area contributed by atoms with Crippen molar-refractivity contribution in [3.05, 3.63) is 114 Å². The van der Waals surface area contributed by atoms with Crippen LogP contribution in [0.2, 0.25) is 0 Å². The quantitative estimate of drug-likeness (QED) is 0.282. The molecule has 0 aliphatic carbocycles. The fraction of sp³-hybridized carbons (Fsp3) is 0.103. The number of anilines is 3. The SMILES string of the molecule is CC1(C)c2ccccc2N(c2ccc(-c3nc(-c4ccccc4)ns3)cc2)c2ccccc21. The highest BCUT2D eigenvalue weighted by atomic mass is 32.1. The average molecular weight is 446 g/mol. The molecule has 5 aromatic rings. The lowest BCUT2D eigenvalue weighted by Gasteiger charge is -2.42. The Labute approximate surface area is 198 Å². The molecule has 0 saturated heterocycles. The van der Waals surface area contributed by atoms with Crippen LogP contribution >= 0.6 is 11.5 Å². The lowest BCUT2D eigenvalue weighted by molar-refractivity contribution is 0.632. The van der Waals surface area contributed by atoms with Crippen molar-refractivity contribution in [3.8, 4) is 22.0 Å². The highest BCUT2D eigenvalue weighted by molar-refractivity contribution is 7.09. The first-order chi connectivity index (χ1) is 16.1. The summed E-state index contributed by atoms with van der Waals surface area (Å²) in [7, 11) is 0. The Morgan fingerprint density at radius 3 is 1.85 bits per heavy atom. The van der Waals surface area contributed by atoms with Crippen LogP contribution in [-0.2, 0) is 5.41 Å². The van der Waals surface area contributed by atoms with Gasteiger partial charge in [-0.2, -0.15) is 4.37 Å². The molecule has 1 aliphatic rings. The van der Waals surface area contributed by atoms with Gasteiger partial charge in [0, 0.05) is 22.2 Å². The minimum Gasteiger partial charge on any atom is -0.310 e. The highest BCUT2D eigenvalue weighted by Crippen LogP contribution is 2.51. The molecule has 0 spiro atoms. The van der Waals surface area contributed by atoms with E-state index in [0.29, 0.717) is 0 Å².